The summed E-state index contributed by atoms with van der Waals surface area (Å²) in [6, 6.07) is 23.3. The highest BCUT2D eigenvalue weighted by atomic mass is 32.2. The number of imide groups is 1. The molecular weight excluding hydrogens is 496 g/mol. The molecule has 0 spiro atoms. The van der Waals surface area contributed by atoms with Crippen LogP contribution in [-0.4, -0.2) is 45.4 Å². The van der Waals surface area contributed by atoms with Gasteiger partial charge < -0.3 is 4.90 Å². The minimum atomic E-state index is -0.821. The van der Waals surface area contributed by atoms with Crippen LogP contribution in [0.15, 0.2) is 77.8 Å². The number of carbonyl (C=O) groups excluding carboxylic acids is 3. The molecule has 1 saturated heterocycles. The second kappa shape index (κ2) is 11.6. The molecule has 1 aliphatic heterocycles. The van der Waals surface area contributed by atoms with Crippen LogP contribution in [0.2, 0.25) is 0 Å². The maximum absolute atomic E-state index is 13.8. The molecule has 3 amide bonds. The Morgan fingerprint density at radius 1 is 0.974 bits per heavy atom. The highest BCUT2D eigenvalue weighted by Gasteiger charge is 2.46. The second-order valence-corrected chi connectivity index (χ2v) is 10.5. The van der Waals surface area contributed by atoms with Crippen molar-refractivity contribution in [2.75, 3.05) is 10.7 Å². The fourth-order valence-electron chi connectivity index (χ4n) is 5.28. The Kier molecular flexibility index (Phi) is 7.85. The summed E-state index contributed by atoms with van der Waals surface area (Å²) < 4.78 is 0. The van der Waals surface area contributed by atoms with Gasteiger partial charge in [0.15, 0.2) is 0 Å². The number of hydrogen-bond donors (Lipinski definition) is 0. The van der Waals surface area contributed by atoms with Crippen LogP contribution in [-0.2, 0) is 14.4 Å². The quantitative estimate of drug-likeness (QED) is 0.311. The van der Waals surface area contributed by atoms with Crippen molar-refractivity contribution in [1.29, 1.82) is 5.26 Å². The fourth-order valence-corrected chi connectivity index (χ4v) is 6.12. The van der Waals surface area contributed by atoms with Crippen molar-refractivity contribution in [2.45, 2.75) is 55.6 Å². The number of anilines is 1. The molecule has 2 heterocycles. The third-order valence-electron chi connectivity index (χ3n) is 7.11. The third kappa shape index (κ3) is 5.34. The van der Waals surface area contributed by atoms with Gasteiger partial charge in [-0.15, -0.1) is 0 Å². The van der Waals surface area contributed by atoms with Crippen LogP contribution in [0.1, 0.15) is 44.1 Å². The number of aromatic nitrogens is 1. The Morgan fingerprint density at radius 2 is 1.66 bits per heavy atom. The number of rotatable bonds is 7. The van der Waals surface area contributed by atoms with Gasteiger partial charge in [0, 0.05) is 11.6 Å². The number of para-hydroxylation sites is 1. The Hall–Kier alpha value is -3.96. The zero-order chi connectivity index (χ0) is 26.5. The van der Waals surface area contributed by atoms with E-state index in [-0.39, 0.29) is 35.9 Å². The van der Waals surface area contributed by atoms with Gasteiger partial charge in [0.2, 0.25) is 11.8 Å². The van der Waals surface area contributed by atoms with Gasteiger partial charge in [-0.05, 0) is 37.1 Å². The minimum Gasteiger partial charge on any atom is -0.326 e. The number of thioether (sulfide) groups is 1. The van der Waals surface area contributed by atoms with Gasteiger partial charge in [-0.25, -0.2) is 9.88 Å². The molecule has 192 valence electrons. The lowest BCUT2D eigenvalue weighted by molar-refractivity contribution is -0.139. The molecule has 38 heavy (non-hydrogen) atoms. The molecule has 1 atom stereocenters. The Labute approximate surface area is 226 Å². The molecule has 2 aromatic carbocycles. The molecule has 0 N–H and O–H groups in total. The summed E-state index contributed by atoms with van der Waals surface area (Å²) in [6.45, 7) is 0. The molecule has 2 fully saturated rings. The number of benzene rings is 2. The maximum Gasteiger partial charge on any atom is 0.257 e. The molecule has 1 aromatic heterocycles. The van der Waals surface area contributed by atoms with Crippen molar-refractivity contribution in [2.24, 2.45) is 0 Å². The highest BCUT2D eigenvalue weighted by Crippen LogP contribution is 2.33. The van der Waals surface area contributed by atoms with Crippen molar-refractivity contribution < 1.29 is 14.4 Å². The van der Waals surface area contributed by atoms with E-state index in [1.54, 1.807) is 41.3 Å². The summed E-state index contributed by atoms with van der Waals surface area (Å²) in [5, 5.41) is 10.1. The van der Waals surface area contributed by atoms with Crippen LogP contribution in [0.5, 0.6) is 0 Å². The number of amides is 3. The van der Waals surface area contributed by atoms with Gasteiger partial charge in [0.05, 0.1) is 29.1 Å². The number of hydrogen-bond acceptors (Lipinski definition) is 6. The molecule has 7 nitrogen and oxygen atoms in total. The SMILES string of the molecule is N#Cc1ccc(-c2ccccc2)nc1SCC(=O)N(C1CCCCC1)C1CC(=O)N(c2ccccc2)C1=O. The van der Waals surface area contributed by atoms with E-state index >= 15 is 0 Å². The average Bonchev–Trinajstić information content (AvgIpc) is 3.26. The van der Waals surface area contributed by atoms with E-state index in [0.29, 0.717) is 16.3 Å². The molecule has 8 heteroatoms. The smallest absolute Gasteiger partial charge is 0.257 e. The van der Waals surface area contributed by atoms with E-state index < -0.39 is 6.04 Å². The van der Waals surface area contributed by atoms with Crippen LogP contribution in [0.4, 0.5) is 5.69 Å². The molecule has 5 rings (SSSR count). The summed E-state index contributed by atoms with van der Waals surface area (Å²) >= 11 is 1.20. The molecule has 1 aliphatic carbocycles. The lowest BCUT2D eigenvalue weighted by Crippen LogP contribution is -2.52. The van der Waals surface area contributed by atoms with E-state index in [2.05, 4.69) is 11.1 Å². The van der Waals surface area contributed by atoms with Gasteiger partial charge in [-0.3, -0.25) is 14.4 Å². The summed E-state index contributed by atoms with van der Waals surface area (Å²) in [6.07, 6.45) is 4.67. The summed E-state index contributed by atoms with van der Waals surface area (Å²) in [5.74, 6) is -0.832. The first kappa shape index (κ1) is 25.7. The van der Waals surface area contributed by atoms with Crippen molar-refractivity contribution in [3.05, 3.63) is 78.4 Å². The number of nitrogens with zero attached hydrogens (tertiary/aromatic N) is 4. The molecule has 0 radical (unpaired) electrons. The van der Waals surface area contributed by atoms with Gasteiger partial charge in [0.1, 0.15) is 17.1 Å². The van der Waals surface area contributed by atoms with Gasteiger partial charge in [-0.1, -0.05) is 79.6 Å². The zero-order valence-corrected chi connectivity index (χ0v) is 21.8. The molecule has 2 aliphatic rings. The molecular formula is C30H28N4O3S. The normalized spacial score (nSPS) is 17.9. The van der Waals surface area contributed by atoms with Crippen LogP contribution in [0.25, 0.3) is 11.3 Å². The monoisotopic (exact) mass is 524 g/mol. The zero-order valence-electron chi connectivity index (χ0n) is 21.0. The number of pyridine rings is 1. The first-order valence-corrected chi connectivity index (χ1v) is 13.9. The number of carbonyl (C=O) groups is 3. The van der Waals surface area contributed by atoms with Crippen molar-refractivity contribution in [3.63, 3.8) is 0 Å². The summed E-state index contributed by atoms with van der Waals surface area (Å²) in [7, 11) is 0. The van der Waals surface area contributed by atoms with Gasteiger partial charge in [-0.2, -0.15) is 5.26 Å². The Balaban J connectivity index is 1.39. The second-order valence-electron chi connectivity index (χ2n) is 9.53. The molecule has 0 bridgehead atoms. The molecule has 1 unspecified atom stereocenters. The van der Waals surface area contributed by atoms with E-state index in [0.717, 1.165) is 43.4 Å². The molecule has 1 saturated carbocycles. The summed E-state index contributed by atoms with van der Waals surface area (Å²) in [4.78, 5) is 47.8. The van der Waals surface area contributed by atoms with Crippen LogP contribution in [0.3, 0.4) is 0 Å². The maximum atomic E-state index is 13.8. The van der Waals surface area contributed by atoms with Gasteiger partial charge >= 0.3 is 0 Å². The van der Waals surface area contributed by atoms with Crippen LogP contribution < -0.4 is 4.90 Å². The lowest BCUT2D eigenvalue weighted by atomic mass is 9.92. The number of nitriles is 1. The summed E-state index contributed by atoms with van der Waals surface area (Å²) in [5.41, 5.74) is 2.56. The van der Waals surface area contributed by atoms with E-state index in [9.17, 15) is 19.6 Å². The topological polar surface area (TPSA) is 94.4 Å². The van der Waals surface area contributed by atoms with Crippen molar-refractivity contribution >= 4 is 35.2 Å². The average molecular weight is 525 g/mol. The van der Waals surface area contributed by atoms with Gasteiger partial charge in [0.25, 0.3) is 5.91 Å². The van der Waals surface area contributed by atoms with E-state index in [1.165, 1.54) is 16.7 Å². The predicted molar refractivity (Wildman–Crippen MR) is 146 cm³/mol. The highest BCUT2D eigenvalue weighted by molar-refractivity contribution is 8.00. The predicted octanol–water partition coefficient (Wildman–Crippen LogP) is 5.21. The standard InChI is InChI=1S/C30H28N4O3S/c31-19-22-16-17-25(21-10-4-1-5-11-21)32-29(22)38-20-28(36)33(23-12-6-2-7-13-23)26-18-27(35)34(30(26)37)24-14-8-3-9-15-24/h1,3-5,8-11,14-17,23,26H,2,6-7,12-13,18,20H2. The van der Waals surface area contributed by atoms with E-state index in [4.69, 9.17) is 0 Å². The van der Waals surface area contributed by atoms with Crippen molar-refractivity contribution in [1.82, 2.24) is 9.88 Å². The third-order valence-corrected chi connectivity index (χ3v) is 8.09. The fraction of sp³-hybridized carbons (Fsp3) is 0.300. The van der Waals surface area contributed by atoms with Crippen LogP contribution >= 0.6 is 11.8 Å². The lowest BCUT2D eigenvalue weighted by Gasteiger charge is -2.37. The van der Waals surface area contributed by atoms with Crippen molar-refractivity contribution in [3.8, 4) is 17.3 Å². The first-order chi connectivity index (χ1) is 18.6. The molecule has 3 aromatic rings. The Morgan fingerprint density at radius 3 is 2.34 bits per heavy atom. The Bertz CT molecular complexity index is 1370. The van der Waals surface area contributed by atoms with E-state index in [1.807, 2.05) is 36.4 Å². The first-order valence-electron chi connectivity index (χ1n) is 12.9. The van der Waals surface area contributed by atoms with Crippen LogP contribution in [0, 0.1) is 11.3 Å². The minimum absolute atomic E-state index is 0.0220. The largest absolute Gasteiger partial charge is 0.326 e.